The third-order valence-electron chi connectivity index (χ3n) is 5.16. The van der Waals surface area contributed by atoms with Crippen LogP contribution in [0.4, 0.5) is 0 Å². The van der Waals surface area contributed by atoms with E-state index >= 15 is 0 Å². The molecule has 1 N–H and O–H groups in total. The van der Waals surface area contributed by atoms with Gasteiger partial charge in [0.1, 0.15) is 5.75 Å². The first kappa shape index (κ1) is 13.9. The Morgan fingerprint density at radius 3 is 2.75 bits per heavy atom. The van der Waals surface area contributed by atoms with E-state index in [4.69, 9.17) is 4.74 Å². The molecule has 2 nitrogen and oxygen atoms in total. The van der Waals surface area contributed by atoms with Crippen molar-refractivity contribution in [3.05, 3.63) is 29.8 Å². The second kappa shape index (κ2) is 6.62. The molecule has 2 heteroatoms. The van der Waals surface area contributed by atoms with E-state index in [1.54, 1.807) is 7.11 Å². The standard InChI is InChI=1S/C18H27NO/c1-20-18-8-4-7-15(13-18)16-11-17(12-16)19-10-9-14-5-2-3-6-14/h4,7-8,13-14,16-17,19H,2-3,5-6,9-12H2,1H3. The molecule has 0 atom stereocenters. The highest BCUT2D eigenvalue weighted by atomic mass is 16.5. The first-order chi connectivity index (χ1) is 9.85. The fourth-order valence-electron chi connectivity index (χ4n) is 3.74. The number of rotatable bonds is 6. The summed E-state index contributed by atoms with van der Waals surface area (Å²) in [5.41, 5.74) is 1.44. The maximum atomic E-state index is 5.31. The van der Waals surface area contributed by atoms with Crippen molar-refractivity contribution in [3.8, 4) is 5.75 Å². The lowest BCUT2D eigenvalue weighted by molar-refractivity contribution is 0.283. The van der Waals surface area contributed by atoms with E-state index in [1.807, 2.05) is 6.07 Å². The summed E-state index contributed by atoms with van der Waals surface area (Å²) < 4.78 is 5.31. The van der Waals surface area contributed by atoms with Crippen molar-refractivity contribution in [2.45, 2.75) is 56.9 Å². The third kappa shape index (κ3) is 3.35. The van der Waals surface area contributed by atoms with Crippen LogP contribution in [0.15, 0.2) is 24.3 Å². The first-order valence-corrected chi connectivity index (χ1v) is 8.22. The summed E-state index contributed by atoms with van der Waals surface area (Å²) in [5.74, 6) is 2.73. The van der Waals surface area contributed by atoms with Gasteiger partial charge in [0.25, 0.3) is 0 Å². The lowest BCUT2D eigenvalue weighted by Gasteiger charge is -2.36. The number of hydrogen-bond donors (Lipinski definition) is 1. The monoisotopic (exact) mass is 273 g/mol. The SMILES string of the molecule is COc1cccc(C2CC(NCCC3CCCC3)C2)c1. The van der Waals surface area contributed by atoms with Crippen molar-refractivity contribution in [3.63, 3.8) is 0 Å². The van der Waals surface area contributed by atoms with Gasteiger partial charge < -0.3 is 10.1 Å². The largest absolute Gasteiger partial charge is 0.497 e. The average molecular weight is 273 g/mol. The van der Waals surface area contributed by atoms with Gasteiger partial charge in [0.15, 0.2) is 0 Å². The fraction of sp³-hybridized carbons (Fsp3) is 0.667. The van der Waals surface area contributed by atoms with Crippen molar-refractivity contribution >= 4 is 0 Å². The maximum absolute atomic E-state index is 5.31. The molecule has 3 rings (SSSR count). The fourth-order valence-corrected chi connectivity index (χ4v) is 3.74. The van der Waals surface area contributed by atoms with Gasteiger partial charge in [0.05, 0.1) is 7.11 Å². The molecular weight excluding hydrogens is 246 g/mol. The summed E-state index contributed by atoms with van der Waals surface area (Å²) in [6.07, 6.45) is 9.84. The van der Waals surface area contributed by atoms with Crippen molar-refractivity contribution in [1.29, 1.82) is 0 Å². The van der Waals surface area contributed by atoms with Gasteiger partial charge in [-0.3, -0.25) is 0 Å². The van der Waals surface area contributed by atoms with Crippen molar-refractivity contribution in [2.24, 2.45) is 5.92 Å². The quantitative estimate of drug-likeness (QED) is 0.842. The van der Waals surface area contributed by atoms with Crippen molar-refractivity contribution in [1.82, 2.24) is 5.32 Å². The van der Waals surface area contributed by atoms with Crippen molar-refractivity contribution in [2.75, 3.05) is 13.7 Å². The Morgan fingerprint density at radius 2 is 2.00 bits per heavy atom. The lowest BCUT2D eigenvalue weighted by atomic mass is 9.76. The Balaban J connectivity index is 1.37. The van der Waals surface area contributed by atoms with Gasteiger partial charge in [-0.25, -0.2) is 0 Å². The van der Waals surface area contributed by atoms with E-state index < -0.39 is 0 Å². The van der Waals surface area contributed by atoms with E-state index in [-0.39, 0.29) is 0 Å². The zero-order chi connectivity index (χ0) is 13.8. The van der Waals surface area contributed by atoms with Gasteiger partial charge in [-0.05, 0) is 55.3 Å². The molecule has 2 saturated carbocycles. The number of hydrogen-bond acceptors (Lipinski definition) is 2. The van der Waals surface area contributed by atoms with Crippen LogP contribution in [0.3, 0.4) is 0 Å². The Bertz CT molecular complexity index is 419. The summed E-state index contributed by atoms with van der Waals surface area (Å²) in [6.45, 7) is 1.22. The molecule has 0 spiro atoms. The topological polar surface area (TPSA) is 21.3 Å². The minimum Gasteiger partial charge on any atom is -0.497 e. The minimum atomic E-state index is 0.731. The zero-order valence-electron chi connectivity index (χ0n) is 12.6. The summed E-state index contributed by atoms with van der Waals surface area (Å²) in [6, 6.07) is 9.31. The highest BCUT2D eigenvalue weighted by Crippen LogP contribution is 2.38. The van der Waals surface area contributed by atoms with E-state index in [0.717, 1.165) is 23.6 Å². The number of methoxy groups -OCH3 is 1. The van der Waals surface area contributed by atoms with E-state index in [2.05, 4.69) is 23.5 Å². The molecule has 0 bridgehead atoms. The maximum Gasteiger partial charge on any atom is 0.119 e. The number of ether oxygens (including phenoxy) is 1. The molecule has 1 aromatic rings. The van der Waals surface area contributed by atoms with Gasteiger partial charge in [-0.1, -0.05) is 37.8 Å². The van der Waals surface area contributed by atoms with Crippen LogP contribution in [0.1, 0.15) is 56.4 Å². The summed E-state index contributed by atoms with van der Waals surface area (Å²) >= 11 is 0. The molecule has 110 valence electrons. The number of nitrogens with one attached hydrogen (secondary N) is 1. The lowest BCUT2D eigenvalue weighted by Crippen LogP contribution is -2.40. The number of benzene rings is 1. The molecule has 1 aromatic carbocycles. The third-order valence-corrected chi connectivity index (χ3v) is 5.16. The van der Waals surface area contributed by atoms with Gasteiger partial charge in [-0.15, -0.1) is 0 Å². The van der Waals surface area contributed by atoms with Crippen LogP contribution in [0.5, 0.6) is 5.75 Å². The first-order valence-electron chi connectivity index (χ1n) is 8.22. The van der Waals surface area contributed by atoms with Crippen LogP contribution in [0.2, 0.25) is 0 Å². The molecule has 0 aliphatic heterocycles. The van der Waals surface area contributed by atoms with Crippen LogP contribution < -0.4 is 10.1 Å². The smallest absolute Gasteiger partial charge is 0.119 e. The Morgan fingerprint density at radius 1 is 1.20 bits per heavy atom. The molecule has 2 aliphatic carbocycles. The summed E-state index contributed by atoms with van der Waals surface area (Å²) in [5, 5.41) is 3.74. The van der Waals surface area contributed by atoms with Crippen LogP contribution in [-0.2, 0) is 0 Å². The molecule has 0 unspecified atom stereocenters. The van der Waals surface area contributed by atoms with Crippen LogP contribution >= 0.6 is 0 Å². The minimum absolute atomic E-state index is 0.731. The molecule has 0 heterocycles. The average Bonchev–Trinajstić information content (AvgIpc) is 2.94. The predicted molar refractivity (Wildman–Crippen MR) is 83.3 cm³/mol. The van der Waals surface area contributed by atoms with Crippen molar-refractivity contribution < 1.29 is 4.74 Å². The molecule has 0 aromatic heterocycles. The Labute approximate surface area is 122 Å². The molecule has 2 aliphatic rings. The normalized spacial score (nSPS) is 26.4. The molecule has 2 fully saturated rings. The molecule has 0 saturated heterocycles. The zero-order valence-corrected chi connectivity index (χ0v) is 12.6. The van der Waals surface area contributed by atoms with E-state index in [0.29, 0.717) is 0 Å². The summed E-state index contributed by atoms with van der Waals surface area (Å²) in [7, 11) is 1.74. The highest BCUT2D eigenvalue weighted by molar-refractivity contribution is 5.32. The Kier molecular flexibility index (Phi) is 4.62. The summed E-state index contributed by atoms with van der Waals surface area (Å²) in [4.78, 5) is 0. The van der Waals surface area contributed by atoms with Gasteiger partial charge in [0, 0.05) is 6.04 Å². The second-order valence-corrected chi connectivity index (χ2v) is 6.54. The molecular formula is C18H27NO. The van der Waals surface area contributed by atoms with Gasteiger partial charge in [0.2, 0.25) is 0 Å². The van der Waals surface area contributed by atoms with Gasteiger partial charge in [-0.2, -0.15) is 0 Å². The van der Waals surface area contributed by atoms with Crippen LogP contribution in [0, 0.1) is 5.92 Å². The predicted octanol–water partition coefficient (Wildman–Crippen LogP) is 4.11. The van der Waals surface area contributed by atoms with E-state index in [1.165, 1.54) is 57.1 Å². The van der Waals surface area contributed by atoms with Crippen LogP contribution in [0.25, 0.3) is 0 Å². The second-order valence-electron chi connectivity index (χ2n) is 6.54. The molecule has 20 heavy (non-hydrogen) atoms. The molecule has 0 radical (unpaired) electrons. The van der Waals surface area contributed by atoms with E-state index in [9.17, 15) is 0 Å². The highest BCUT2D eigenvalue weighted by Gasteiger charge is 2.30. The van der Waals surface area contributed by atoms with Gasteiger partial charge >= 0.3 is 0 Å². The Hall–Kier alpha value is -1.02. The van der Waals surface area contributed by atoms with Crippen LogP contribution in [-0.4, -0.2) is 19.7 Å². The molecule has 0 amide bonds.